The Hall–Kier alpha value is -0.120. The van der Waals surface area contributed by atoms with Gasteiger partial charge in [0.25, 0.3) is 0 Å². The molecule has 2 saturated heterocycles. The summed E-state index contributed by atoms with van der Waals surface area (Å²) >= 11 is 0. The van der Waals surface area contributed by atoms with Crippen molar-refractivity contribution in [2.45, 2.75) is 44.3 Å². The second-order valence-corrected chi connectivity index (χ2v) is 6.18. The highest BCUT2D eigenvalue weighted by molar-refractivity contribution is 4.96. The Balaban J connectivity index is 1.50. The Morgan fingerprint density at radius 1 is 1.06 bits per heavy atom. The van der Waals surface area contributed by atoms with Crippen molar-refractivity contribution >= 4 is 0 Å². The van der Waals surface area contributed by atoms with E-state index in [0.717, 1.165) is 24.0 Å². The first-order valence-corrected chi connectivity index (χ1v) is 6.91. The summed E-state index contributed by atoms with van der Waals surface area (Å²) in [6.07, 6.45) is 4.24. The summed E-state index contributed by atoms with van der Waals surface area (Å²) in [4.78, 5) is 5.15. The second-order valence-electron chi connectivity index (χ2n) is 6.18. The molecule has 3 rings (SSSR count). The molecule has 1 saturated carbocycles. The molecule has 0 aromatic carbocycles. The van der Waals surface area contributed by atoms with Gasteiger partial charge < -0.3 is 10.2 Å². The molecular weight excluding hydrogens is 198 g/mol. The van der Waals surface area contributed by atoms with Crippen LogP contribution in [0.25, 0.3) is 0 Å². The Kier molecular flexibility index (Phi) is 2.94. The zero-order valence-electron chi connectivity index (χ0n) is 10.7. The predicted molar refractivity (Wildman–Crippen MR) is 66.6 cm³/mol. The maximum absolute atomic E-state index is 3.89. The zero-order valence-corrected chi connectivity index (χ0v) is 10.7. The molecule has 1 N–H and O–H groups in total. The molecule has 0 aromatic heterocycles. The first kappa shape index (κ1) is 11.0. The summed E-state index contributed by atoms with van der Waals surface area (Å²) in [7, 11) is 2.23. The number of hydrogen-bond donors (Lipinski definition) is 1. The van der Waals surface area contributed by atoms with Crippen LogP contribution >= 0.6 is 0 Å². The molecule has 0 bridgehead atoms. The number of rotatable bonds is 3. The molecule has 92 valence electrons. The van der Waals surface area contributed by atoms with Gasteiger partial charge in [0.05, 0.1) is 0 Å². The quantitative estimate of drug-likeness (QED) is 0.762. The molecular formula is C13H25N3. The molecule has 1 aliphatic carbocycles. The van der Waals surface area contributed by atoms with E-state index in [4.69, 9.17) is 0 Å². The van der Waals surface area contributed by atoms with E-state index in [1.807, 2.05) is 0 Å². The van der Waals surface area contributed by atoms with Crippen molar-refractivity contribution in [2.75, 3.05) is 33.2 Å². The van der Waals surface area contributed by atoms with Crippen LogP contribution < -0.4 is 5.32 Å². The summed E-state index contributed by atoms with van der Waals surface area (Å²) in [5.74, 6) is 0.839. The normalized spacial score (nSPS) is 42.0. The monoisotopic (exact) mass is 223 g/mol. The van der Waals surface area contributed by atoms with Crippen molar-refractivity contribution < 1.29 is 0 Å². The van der Waals surface area contributed by atoms with Gasteiger partial charge in [0, 0.05) is 37.8 Å². The summed E-state index contributed by atoms with van der Waals surface area (Å²) in [6.45, 7) is 7.55. The number of likely N-dealkylation sites (tertiary alicyclic amines) is 2. The molecule has 3 atom stereocenters. The average molecular weight is 223 g/mol. The molecule has 0 radical (unpaired) electrons. The predicted octanol–water partition coefficient (Wildman–Crippen LogP) is 0.763. The van der Waals surface area contributed by atoms with Crippen LogP contribution in [0.2, 0.25) is 0 Å². The Labute approximate surface area is 99.2 Å². The van der Waals surface area contributed by atoms with Crippen molar-refractivity contribution in [3.63, 3.8) is 0 Å². The van der Waals surface area contributed by atoms with E-state index in [-0.39, 0.29) is 0 Å². The lowest BCUT2D eigenvalue weighted by Crippen LogP contribution is -2.43. The number of hydrogen-bond acceptors (Lipinski definition) is 3. The van der Waals surface area contributed by atoms with E-state index in [9.17, 15) is 0 Å². The maximum atomic E-state index is 3.89. The molecule has 0 spiro atoms. The van der Waals surface area contributed by atoms with Crippen molar-refractivity contribution in [3.8, 4) is 0 Å². The molecule has 16 heavy (non-hydrogen) atoms. The molecule has 0 aromatic rings. The smallest absolute Gasteiger partial charge is 0.0236 e. The minimum Gasteiger partial charge on any atom is -0.308 e. The van der Waals surface area contributed by atoms with Crippen molar-refractivity contribution in [1.29, 1.82) is 0 Å². The van der Waals surface area contributed by atoms with E-state index in [2.05, 4.69) is 29.1 Å². The maximum Gasteiger partial charge on any atom is 0.0236 e. The number of likely N-dealkylation sites (N-methyl/N-ethyl adjacent to an activating group) is 1. The largest absolute Gasteiger partial charge is 0.308 e. The topological polar surface area (TPSA) is 18.5 Å². The lowest BCUT2D eigenvalue weighted by atomic mass is 10.1. The van der Waals surface area contributed by atoms with E-state index in [1.54, 1.807) is 0 Å². The molecule has 2 heterocycles. The molecule has 3 aliphatic rings. The van der Waals surface area contributed by atoms with Gasteiger partial charge in [-0.1, -0.05) is 6.92 Å². The van der Waals surface area contributed by atoms with Crippen LogP contribution in [0.15, 0.2) is 0 Å². The summed E-state index contributed by atoms with van der Waals surface area (Å²) in [5.41, 5.74) is 0. The van der Waals surface area contributed by atoms with Crippen LogP contribution in [-0.2, 0) is 0 Å². The lowest BCUT2D eigenvalue weighted by molar-refractivity contribution is 0.309. The van der Waals surface area contributed by atoms with Crippen molar-refractivity contribution in [1.82, 2.24) is 15.1 Å². The fraction of sp³-hybridized carbons (Fsp3) is 1.00. The molecule has 2 aliphatic heterocycles. The molecule has 3 heteroatoms. The number of nitrogens with zero attached hydrogens (tertiary/aromatic N) is 2. The van der Waals surface area contributed by atoms with Crippen LogP contribution in [0.3, 0.4) is 0 Å². The molecule has 3 unspecified atom stereocenters. The lowest BCUT2D eigenvalue weighted by Gasteiger charge is -2.22. The average Bonchev–Trinajstić information content (AvgIpc) is 2.93. The SMILES string of the molecule is CC1CN(C2CC2)CC1NC1CCN(C)C1. The molecule has 3 nitrogen and oxygen atoms in total. The van der Waals surface area contributed by atoms with Gasteiger partial charge in [-0.05, 0) is 38.8 Å². The fourth-order valence-corrected chi connectivity index (χ4v) is 3.33. The van der Waals surface area contributed by atoms with Gasteiger partial charge in [0.2, 0.25) is 0 Å². The van der Waals surface area contributed by atoms with Gasteiger partial charge in [0.1, 0.15) is 0 Å². The fourth-order valence-electron chi connectivity index (χ4n) is 3.33. The third kappa shape index (κ3) is 2.27. The van der Waals surface area contributed by atoms with Gasteiger partial charge in [-0.3, -0.25) is 4.90 Å². The van der Waals surface area contributed by atoms with Gasteiger partial charge in [-0.25, -0.2) is 0 Å². The van der Waals surface area contributed by atoms with Crippen molar-refractivity contribution in [2.24, 2.45) is 5.92 Å². The minimum atomic E-state index is 0.747. The van der Waals surface area contributed by atoms with Gasteiger partial charge in [-0.2, -0.15) is 0 Å². The highest BCUT2D eigenvalue weighted by atomic mass is 15.3. The van der Waals surface area contributed by atoms with Gasteiger partial charge >= 0.3 is 0 Å². The second kappa shape index (κ2) is 4.28. The van der Waals surface area contributed by atoms with Crippen LogP contribution in [0, 0.1) is 5.92 Å². The summed E-state index contributed by atoms with van der Waals surface area (Å²) in [5, 5.41) is 3.89. The Morgan fingerprint density at radius 3 is 2.50 bits per heavy atom. The van der Waals surface area contributed by atoms with Crippen LogP contribution in [0.5, 0.6) is 0 Å². The van der Waals surface area contributed by atoms with Crippen LogP contribution in [-0.4, -0.2) is 61.2 Å². The van der Waals surface area contributed by atoms with E-state index in [0.29, 0.717) is 0 Å². The minimum absolute atomic E-state index is 0.747. The molecule has 3 fully saturated rings. The Bertz CT molecular complexity index is 252. The van der Waals surface area contributed by atoms with Crippen LogP contribution in [0.1, 0.15) is 26.2 Å². The first-order chi connectivity index (χ1) is 7.72. The van der Waals surface area contributed by atoms with Gasteiger partial charge in [0.15, 0.2) is 0 Å². The standard InChI is InChI=1S/C13H25N3/c1-10-7-16(12-3-4-12)9-13(10)14-11-5-6-15(2)8-11/h10-14H,3-9H2,1-2H3. The highest BCUT2D eigenvalue weighted by Crippen LogP contribution is 2.32. The highest BCUT2D eigenvalue weighted by Gasteiger charge is 2.38. The van der Waals surface area contributed by atoms with Crippen LogP contribution in [0.4, 0.5) is 0 Å². The van der Waals surface area contributed by atoms with Crippen molar-refractivity contribution in [3.05, 3.63) is 0 Å². The first-order valence-electron chi connectivity index (χ1n) is 6.91. The third-order valence-electron chi connectivity index (χ3n) is 4.54. The van der Waals surface area contributed by atoms with Gasteiger partial charge in [-0.15, -0.1) is 0 Å². The Morgan fingerprint density at radius 2 is 1.88 bits per heavy atom. The van der Waals surface area contributed by atoms with E-state index in [1.165, 1.54) is 45.4 Å². The summed E-state index contributed by atoms with van der Waals surface area (Å²) < 4.78 is 0. The molecule has 0 amide bonds. The number of nitrogens with one attached hydrogen (secondary N) is 1. The summed E-state index contributed by atoms with van der Waals surface area (Å²) in [6, 6.07) is 2.44. The van der Waals surface area contributed by atoms with E-state index >= 15 is 0 Å². The third-order valence-corrected chi connectivity index (χ3v) is 4.54. The zero-order chi connectivity index (χ0) is 11.1. The van der Waals surface area contributed by atoms with E-state index < -0.39 is 0 Å².